The number of rotatable bonds is 7. The molecular weight excluding hydrogens is 334 g/mol. The first-order valence-electron chi connectivity index (χ1n) is 8.48. The average molecular weight is 355 g/mol. The van der Waals surface area contributed by atoms with Crippen LogP contribution in [0, 0.1) is 10.1 Å². The molecule has 0 bridgehead atoms. The largest absolute Gasteiger partial charge is 0.374 e. The van der Waals surface area contributed by atoms with Gasteiger partial charge < -0.3 is 9.72 Å². The lowest BCUT2D eigenvalue weighted by molar-refractivity contribution is -0.385. The maximum Gasteiger partial charge on any atom is 0.326 e. The molecule has 0 spiro atoms. The van der Waals surface area contributed by atoms with Gasteiger partial charge in [-0.15, -0.1) is 0 Å². The molecule has 136 valence electrons. The number of aromatic nitrogens is 2. The van der Waals surface area contributed by atoms with Gasteiger partial charge in [0.25, 0.3) is 5.69 Å². The Balaban J connectivity index is 1.77. The number of imidazole rings is 1. The quantitative estimate of drug-likeness (QED) is 0.520. The van der Waals surface area contributed by atoms with Gasteiger partial charge in [-0.1, -0.05) is 30.3 Å². The van der Waals surface area contributed by atoms with Crippen LogP contribution >= 0.6 is 0 Å². The van der Waals surface area contributed by atoms with Crippen molar-refractivity contribution in [3.63, 3.8) is 0 Å². The van der Waals surface area contributed by atoms with Crippen molar-refractivity contribution in [1.29, 1.82) is 0 Å². The number of hydrogen-bond donors (Lipinski definition) is 1. The van der Waals surface area contributed by atoms with Gasteiger partial charge in [0.2, 0.25) is 0 Å². The lowest BCUT2D eigenvalue weighted by atomic mass is 10.0. The van der Waals surface area contributed by atoms with Gasteiger partial charge in [-0.25, -0.2) is 4.79 Å². The molecular formula is C19H21N3O4. The van der Waals surface area contributed by atoms with Gasteiger partial charge >= 0.3 is 5.69 Å². The lowest BCUT2D eigenvalue weighted by Gasteiger charge is -2.13. The molecule has 0 radical (unpaired) electrons. The molecule has 0 aliphatic heterocycles. The minimum atomic E-state index is -0.407. The van der Waals surface area contributed by atoms with Crippen LogP contribution in [0.4, 0.5) is 5.69 Å². The van der Waals surface area contributed by atoms with E-state index in [4.69, 9.17) is 4.74 Å². The second-order valence-electron chi connectivity index (χ2n) is 6.35. The summed E-state index contributed by atoms with van der Waals surface area (Å²) < 4.78 is 7.30. The summed E-state index contributed by atoms with van der Waals surface area (Å²) in [6.07, 6.45) is 0.994. The van der Waals surface area contributed by atoms with Crippen molar-refractivity contribution in [2.24, 2.45) is 7.05 Å². The average Bonchev–Trinajstić information content (AvgIpc) is 2.93. The maximum atomic E-state index is 11.9. The number of aromatic amines is 1. The Kier molecular flexibility index (Phi) is 5.18. The van der Waals surface area contributed by atoms with E-state index in [1.54, 1.807) is 13.1 Å². The van der Waals surface area contributed by atoms with E-state index in [1.807, 2.05) is 37.3 Å². The molecule has 7 heteroatoms. The zero-order valence-electron chi connectivity index (χ0n) is 14.8. The number of aryl methyl sites for hydroxylation is 2. The highest BCUT2D eigenvalue weighted by Gasteiger charge is 2.20. The van der Waals surface area contributed by atoms with E-state index < -0.39 is 4.92 Å². The normalized spacial score (nSPS) is 12.4. The fourth-order valence-electron chi connectivity index (χ4n) is 3.01. The zero-order chi connectivity index (χ0) is 18.7. The summed E-state index contributed by atoms with van der Waals surface area (Å²) in [5.74, 6) is 0. The third-order valence-corrected chi connectivity index (χ3v) is 4.54. The van der Waals surface area contributed by atoms with Crippen molar-refractivity contribution >= 4 is 16.7 Å². The number of H-pyrrole nitrogens is 1. The van der Waals surface area contributed by atoms with E-state index >= 15 is 0 Å². The first kappa shape index (κ1) is 17.9. The monoisotopic (exact) mass is 355 g/mol. The Morgan fingerprint density at radius 1 is 1.23 bits per heavy atom. The van der Waals surface area contributed by atoms with Crippen molar-refractivity contribution in [3.8, 4) is 0 Å². The third kappa shape index (κ3) is 3.67. The van der Waals surface area contributed by atoms with Crippen LogP contribution in [0.2, 0.25) is 0 Å². The summed E-state index contributed by atoms with van der Waals surface area (Å²) in [5.41, 5.74) is 2.56. The fourth-order valence-corrected chi connectivity index (χ4v) is 3.01. The molecule has 3 aromatic rings. The smallest absolute Gasteiger partial charge is 0.326 e. The van der Waals surface area contributed by atoms with Crippen molar-refractivity contribution < 1.29 is 9.66 Å². The Hall–Kier alpha value is -2.93. The molecule has 26 heavy (non-hydrogen) atoms. The minimum absolute atomic E-state index is 0.0228. The van der Waals surface area contributed by atoms with E-state index in [0.29, 0.717) is 36.0 Å². The molecule has 0 saturated heterocycles. The summed E-state index contributed by atoms with van der Waals surface area (Å²) >= 11 is 0. The molecule has 1 heterocycles. The van der Waals surface area contributed by atoms with E-state index in [1.165, 1.54) is 10.6 Å². The van der Waals surface area contributed by atoms with Crippen molar-refractivity contribution in [1.82, 2.24) is 9.55 Å². The fraction of sp³-hybridized carbons (Fsp3) is 0.316. The predicted octanol–water partition coefficient (Wildman–Crippen LogP) is 3.31. The van der Waals surface area contributed by atoms with E-state index in [2.05, 4.69) is 4.98 Å². The molecule has 0 saturated carbocycles. The maximum absolute atomic E-state index is 11.9. The standard InChI is InChI=1S/C19H21N3O4/c1-13(26-12-14-6-4-3-5-7-14)8-9-15-16(22(24)25)10-11-17-18(15)20-19(23)21(17)2/h3-7,10-11,13H,8-9,12H2,1-2H3,(H,20,23)/t13-/m1/s1. The summed E-state index contributed by atoms with van der Waals surface area (Å²) in [4.78, 5) is 25.6. The molecule has 0 aliphatic rings. The lowest BCUT2D eigenvalue weighted by Crippen LogP contribution is -2.11. The molecule has 3 rings (SSSR count). The van der Waals surface area contributed by atoms with Gasteiger partial charge in [-0.2, -0.15) is 0 Å². The van der Waals surface area contributed by atoms with Crippen LogP contribution in [0.5, 0.6) is 0 Å². The molecule has 1 N–H and O–H groups in total. The molecule has 0 amide bonds. The second kappa shape index (κ2) is 7.53. The van der Waals surface area contributed by atoms with Crippen molar-refractivity contribution in [2.45, 2.75) is 32.5 Å². The first-order valence-corrected chi connectivity index (χ1v) is 8.48. The molecule has 0 aliphatic carbocycles. The zero-order valence-corrected chi connectivity index (χ0v) is 14.8. The number of nitrogens with zero attached hydrogens (tertiary/aromatic N) is 2. The highest BCUT2D eigenvalue weighted by atomic mass is 16.6. The van der Waals surface area contributed by atoms with E-state index in [0.717, 1.165) is 5.56 Å². The summed E-state index contributed by atoms with van der Waals surface area (Å²) in [7, 11) is 1.64. The highest BCUT2D eigenvalue weighted by molar-refractivity contribution is 5.82. The number of fused-ring (bicyclic) bond motifs is 1. The van der Waals surface area contributed by atoms with Crippen molar-refractivity contribution in [3.05, 3.63) is 74.2 Å². The van der Waals surface area contributed by atoms with Gasteiger partial charge in [-0.3, -0.25) is 14.7 Å². The van der Waals surface area contributed by atoms with E-state index in [9.17, 15) is 14.9 Å². The van der Waals surface area contributed by atoms with Gasteiger partial charge in [0.05, 0.1) is 34.2 Å². The summed E-state index contributed by atoms with van der Waals surface area (Å²) in [6.45, 7) is 2.44. The van der Waals surface area contributed by atoms with E-state index in [-0.39, 0.29) is 17.5 Å². The van der Waals surface area contributed by atoms with Crippen LogP contribution < -0.4 is 5.69 Å². The SMILES string of the molecule is C[C@H](CCc1c([N+](=O)[O-])ccc2c1[nH]c(=O)n2C)OCc1ccccc1. The van der Waals surface area contributed by atoms with Crippen LogP contribution in [0.3, 0.4) is 0 Å². The number of nitrogens with one attached hydrogen (secondary N) is 1. The highest BCUT2D eigenvalue weighted by Crippen LogP contribution is 2.27. The van der Waals surface area contributed by atoms with Gasteiger partial charge in [-0.05, 0) is 31.4 Å². The minimum Gasteiger partial charge on any atom is -0.374 e. The van der Waals surface area contributed by atoms with Crippen LogP contribution in [0.1, 0.15) is 24.5 Å². The number of nitro groups is 1. The van der Waals surface area contributed by atoms with Crippen LogP contribution in [-0.2, 0) is 24.8 Å². The number of ether oxygens (including phenoxy) is 1. The number of nitro benzene ring substituents is 1. The summed E-state index contributed by atoms with van der Waals surface area (Å²) in [5, 5.41) is 11.4. The number of hydrogen-bond acceptors (Lipinski definition) is 4. The third-order valence-electron chi connectivity index (χ3n) is 4.54. The second-order valence-corrected chi connectivity index (χ2v) is 6.35. The van der Waals surface area contributed by atoms with Crippen LogP contribution in [0.25, 0.3) is 11.0 Å². The van der Waals surface area contributed by atoms with Crippen LogP contribution in [0.15, 0.2) is 47.3 Å². The molecule has 7 nitrogen and oxygen atoms in total. The molecule has 0 fully saturated rings. The Labute approximate surface area is 150 Å². The van der Waals surface area contributed by atoms with Crippen LogP contribution in [-0.4, -0.2) is 20.6 Å². The molecule has 2 aromatic carbocycles. The topological polar surface area (TPSA) is 90.2 Å². The van der Waals surface area contributed by atoms with Gasteiger partial charge in [0, 0.05) is 13.1 Å². The van der Waals surface area contributed by atoms with Crippen molar-refractivity contribution in [2.75, 3.05) is 0 Å². The molecule has 1 atom stereocenters. The Bertz CT molecular complexity index is 976. The van der Waals surface area contributed by atoms with Gasteiger partial charge in [0.15, 0.2) is 0 Å². The summed E-state index contributed by atoms with van der Waals surface area (Å²) in [6, 6.07) is 12.9. The Morgan fingerprint density at radius 2 is 1.96 bits per heavy atom. The molecule has 0 unspecified atom stereocenters. The molecule has 1 aromatic heterocycles. The predicted molar refractivity (Wildman–Crippen MR) is 99.2 cm³/mol. The Morgan fingerprint density at radius 3 is 2.65 bits per heavy atom. The number of benzene rings is 2. The van der Waals surface area contributed by atoms with Gasteiger partial charge in [0.1, 0.15) is 0 Å². The first-order chi connectivity index (χ1) is 12.5.